The molecule has 82 valence electrons. The molecule has 1 aromatic rings. The first-order valence-electron chi connectivity index (χ1n) is 5.77. The average Bonchev–Trinajstić information content (AvgIpc) is 2.66. The first-order chi connectivity index (χ1) is 7.31. The van der Waals surface area contributed by atoms with Gasteiger partial charge in [-0.05, 0) is 36.6 Å². The van der Waals surface area contributed by atoms with Crippen LogP contribution in [0.3, 0.4) is 0 Å². The van der Waals surface area contributed by atoms with Crippen LogP contribution in [0.4, 0.5) is 0 Å². The highest BCUT2D eigenvalue weighted by Gasteiger charge is 2.27. The Morgan fingerprint density at radius 2 is 2.27 bits per heavy atom. The molecule has 0 bridgehead atoms. The molecule has 0 unspecified atom stereocenters. The minimum atomic E-state index is 0.711. The van der Waals surface area contributed by atoms with Gasteiger partial charge in [-0.3, -0.25) is 0 Å². The molecule has 15 heavy (non-hydrogen) atoms. The summed E-state index contributed by atoms with van der Waals surface area (Å²) in [4.78, 5) is 0. The van der Waals surface area contributed by atoms with E-state index in [0.29, 0.717) is 5.92 Å². The van der Waals surface area contributed by atoms with E-state index in [1.165, 1.54) is 29.4 Å². The normalized spacial score (nSPS) is 25.7. The van der Waals surface area contributed by atoms with Gasteiger partial charge in [0.1, 0.15) is 0 Å². The quantitative estimate of drug-likeness (QED) is 0.884. The standard InChI is InChI=1S/C13H18BrN/c1-2-4-11-8-15-9-13(11)10-5-3-6-12(14)7-10/h3,5-7,11,13,15H,2,4,8-9H2,1H3/t11-,13-/m0/s1. The summed E-state index contributed by atoms with van der Waals surface area (Å²) in [5.41, 5.74) is 1.48. The Hall–Kier alpha value is -0.340. The van der Waals surface area contributed by atoms with E-state index in [-0.39, 0.29) is 0 Å². The van der Waals surface area contributed by atoms with Crippen molar-refractivity contribution in [3.8, 4) is 0 Å². The summed E-state index contributed by atoms with van der Waals surface area (Å²) in [5.74, 6) is 1.53. The predicted molar refractivity (Wildman–Crippen MR) is 68.2 cm³/mol. The van der Waals surface area contributed by atoms with Crippen molar-refractivity contribution in [2.75, 3.05) is 13.1 Å². The second-order valence-corrected chi connectivity index (χ2v) is 5.28. The van der Waals surface area contributed by atoms with Crippen LogP contribution in [0.5, 0.6) is 0 Å². The van der Waals surface area contributed by atoms with Gasteiger partial charge in [0.05, 0.1) is 0 Å². The zero-order valence-electron chi connectivity index (χ0n) is 9.17. The molecule has 0 aliphatic carbocycles. The van der Waals surface area contributed by atoms with Gasteiger partial charge in [0.25, 0.3) is 0 Å². The van der Waals surface area contributed by atoms with E-state index < -0.39 is 0 Å². The smallest absolute Gasteiger partial charge is 0.0178 e. The fraction of sp³-hybridized carbons (Fsp3) is 0.538. The molecular weight excluding hydrogens is 250 g/mol. The van der Waals surface area contributed by atoms with Gasteiger partial charge < -0.3 is 5.32 Å². The SMILES string of the molecule is CCC[C@H]1CNC[C@H]1c1cccc(Br)c1. The van der Waals surface area contributed by atoms with E-state index in [4.69, 9.17) is 0 Å². The fourth-order valence-electron chi connectivity index (χ4n) is 2.53. The van der Waals surface area contributed by atoms with Crippen LogP contribution in [-0.4, -0.2) is 13.1 Å². The summed E-state index contributed by atoms with van der Waals surface area (Å²) in [5, 5.41) is 3.51. The van der Waals surface area contributed by atoms with Crippen LogP contribution in [-0.2, 0) is 0 Å². The topological polar surface area (TPSA) is 12.0 Å². The third kappa shape index (κ3) is 2.61. The fourth-order valence-corrected chi connectivity index (χ4v) is 2.95. The highest BCUT2D eigenvalue weighted by Crippen LogP contribution is 2.32. The lowest BCUT2D eigenvalue weighted by molar-refractivity contribution is 0.473. The lowest BCUT2D eigenvalue weighted by atomic mass is 9.86. The third-order valence-electron chi connectivity index (χ3n) is 3.28. The first-order valence-corrected chi connectivity index (χ1v) is 6.56. The number of benzene rings is 1. The molecule has 2 atom stereocenters. The lowest BCUT2D eigenvalue weighted by Gasteiger charge is -2.18. The molecule has 1 aliphatic rings. The predicted octanol–water partition coefficient (Wildman–Crippen LogP) is 3.55. The monoisotopic (exact) mass is 267 g/mol. The van der Waals surface area contributed by atoms with Crippen molar-refractivity contribution in [3.63, 3.8) is 0 Å². The van der Waals surface area contributed by atoms with Crippen molar-refractivity contribution in [1.29, 1.82) is 0 Å². The van der Waals surface area contributed by atoms with E-state index >= 15 is 0 Å². The number of hydrogen-bond acceptors (Lipinski definition) is 1. The Morgan fingerprint density at radius 1 is 1.40 bits per heavy atom. The van der Waals surface area contributed by atoms with Gasteiger partial charge in [-0.15, -0.1) is 0 Å². The zero-order chi connectivity index (χ0) is 10.7. The van der Waals surface area contributed by atoms with Crippen LogP contribution in [0.25, 0.3) is 0 Å². The largest absolute Gasteiger partial charge is 0.316 e. The Kier molecular flexibility index (Phi) is 3.81. The highest BCUT2D eigenvalue weighted by atomic mass is 79.9. The zero-order valence-corrected chi connectivity index (χ0v) is 10.8. The van der Waals surface area contributed by atoms with Crippen molar-refractivity contribution in [2.45, 2.75) is 25.7 Å². The summed E-state index contributed by atoms with van der Waals surface area (Å²) in [7, 11) is 0. The Balaban J connectivity index is 2.15. The summed E-state index contributed by atoms with van der Waals surface area (Å²) < 4.78 is 1.20. The Morgan fingerprint density at radius 3 is 3.00 bits per heavy atom. The van der Waals surface area contributed by atoms with E-state index in [9.17, 15) is 0 Å². The first kappa shape index (κ1) is 11.2. The Bertz CT molecular complexity index is 324. The minimum Gasteiger partial charge on any atom is -0.316 e. The van der Waals surface area contributed by atoms with Crippen LogP contribution in [0, 0.1) is 5.92 Å². The average molecular weight is 268 g/mol. The maximum atomic E-state index is 3.55. The maximum absolute atomic E-state index is 3.55. The van der Waals surface area contributed by atoms with Crippen LogP contribution in [0.2, 0.25) is 0 Å². The van der Waals surface area contributed by atoms with Gasteiger partial charge in [-0.2, -0.15) is 0 Å². The lowest BCUT2D eigenvalue weighted by Crippen LogP contribution is -2.10. The number of halogens is 1. The van der Waals surface area contributed by atoms with Crippen LogP contribution in [0.15, 0.2) is 28.7 Å². The van der Waals surface area contributed by atoms with Crippen molar-refractivity contribution in [2.24, 2.45) is 5.92 Å². The minimum absolute atomic E-state index is 0.711. The molecule has 1 heterocycles. The molecule has 1 fully saturated rings. The molecule has 0 aromatic heterocycles. The van der Waals surface area contributed by atoms with Gasteiger partial charge in [0, 0.05) is 16.9 Å². The molecule has 0 spiro atoms. The van der Waals surface area contributed by atoms with Crippen molar-refractivity contribution < 1.29 is 0 Å². The summed E-state index contributed by atoms with van der Waals surface area (Å²) in [6, 6.07) is 8.76. The molecule has 0 radical (unpaired) electrons. The molecule has 0 saturated carbocycles. The van der Waals surface area contributed by atoms with Crippen LogP contribution >= 0.6 is 15.9 Å². The number of nitrogens with one attached hydrogen (secondary N) is 1. The van der Waals surface area contributed by atoms with Gasteiger partial charge in [-0.25, -0.2) is 0 Å². The van der Waals surface area contributed by atoms with E-state index in [2.05, 4.69) is 52.4 Å². The molecule has 1 aromatic carbocycles. The second kappa shape index (κ2) is 5.13. The summed E-state index contributed by atoms with van der Waals surface area (Å²) in [6.45, 7) is 4.60. The van der Waals surface area contributed by atoms with Gasteiger partial charge in [0.2, 0.25) is 0 Å². The van der Waals surface area contributed by atoms with E-state index in [0.717, 1.165) is 12.5 Å². The number of rotatable bonds is 3. The molecule has 1 nitrogen and oxygen atoms in total. The van der Waals surface area contributed by atoms with Crippen molar-refractivity contribution in [1.82, 2.24) is 5.32 Å². The second-order valence-electron chi connectivity index (χ2n) is 4.37. The van der Waals surface area contributed by atoms with Gasteiger partial charge >= 0.3 is 0 Å². The van der Waals surface area contributed by atoms with E-state index in [1.54, 1.807) is 0 Å². The van der Waals surface area contributed by atoms with Crippen molar-refractivity contribution in [3.05, 3.63) is 34.3 Å². The summed E-state index contributed by atoms with van der Waals surface area (Å²) >= 11 is 3.55. The van der Waals surface area contributed by atoms with Gasteiger partial charge in [0.15, 0.2) is 0 Å². The van der Waals surface area contributed by atoms with Gasteiger partial charge in [-0.1, -0.05) is 41.4 Å². The summed E-state index contributed by atoms with van der Waals surface area (Å²) in [6.07, 6.45) is 2.63. The van der Waals surface area contributed by atoms with E-state index in [1.807, 2.05) is 0 Å². The molecule has 1 aliphatic heterocycles. The molecule has 0 amide bonds. The third-order valence-corrected chi connectivity index (χ3v) is 3.77. The number of hydrogen-bond donors (Lipinski definition) is 1. The Labute approximate surface area is 100 Å². The molecule has 1 N–H and O–H groups in total. The van der Waals surface area contributed by atoms with Crippen LogP contribution < -0.4 is 5.32 Å². The van der Waals surface area contributed by atoms with Crippen molar-refractivity contribution >= 4 is 15.9 Å². The molecule has 2 heteroatoms. The maximum Gasteiger partial charge on any atom is 0.0178 e. The molecular formula is C13H18BrN. The van der Waals surface area contributed by atoms with Crippen LogP contribution in [0.1, 0.15) is 31.2 Å². The highest BCUT2D eigenvalue weighted by molar-refractivity contribution is 9.10. The molecule has 2 rings (SSSR count). The molecule has 1 saturated heterocycles.